The van der Waals surface area contributed by atoms with Gasteiger partial charge in [-0.3, -0.25) is 9.59 Å². The van der Waals surface area contributed by atoms with E-state index in [2.05, 4.69) is 29.0 Å². The molecule has 2 heterocycles. The molecule has 0 bridgehead atoms. The van der Waals surface area contributed by atoms with Gasteiger partial charge in [0.25, 0.3) is 0 Å². The van der Waals surface area contributed by atoms with Crippen LogP contribution >= 0.6 is 0 Å². The molecule has 292 valence electrons. The Morgan fingerprint density at radius 3 is 1.43 bits per heavy atom. The Morgan fingerprint density at radius 2 is 1.09 bits per heavy atom. The summed E-state index contributed by atoms with van der Waals surface area (Å²) in [4.78, 5) is 74.4. The predicted molar refractivity (Wildman–Crippen MR) is 179 cm³/mol. The first-order valence-electron chi connectivity index (χ1n) is 17.5. The average molecular weight is 771 g/mol. The number of aromatic carboxylic acids is 1. The molecule has 4 aliphatic carbocycles. The van der Waals surface area contributed by atoms with Crippen LogP contribution in [0.15, 0.2) is 33.0 Å². The topological polar surface area (TPSA) is 252 Å². The Hall–Kier alpha value is -4.35. The van der Waals surface area contributed by atoms with Gasteiger partial charge in [0.2, 0.25) is 11.5 Å². The second-order valence-corrected chi connectivity index (χ2v) is 12.0. The number of aromatic nitrogens is 2. The molecule has 0 amide bonds. The number of nitrogens with zero attached hydrogens (tertiary/aromatic N) is 2. The average Bonchev–Trinajstić information content (AvgIpc) is 3.93. The van der Waals surface area contributed by atoms with Crippen LogP contribution in [0.1, 0.15) is 130 Å². The second kappa shape index (κ2) is 24.9. The monoisotopic (exact) mass is 770 g/mol. The van der Waals surface area contributed by atoms with Crippen LogP contribution in [-0.2, 0) is 42.9 Å². The molecule has 18 heteroatoms. The molecule has 4 fully saturated rings. The Morgan fingerprint density at radius 1 is 0.685 bits per heavy atom. The third kappa shape index (κ3) is 19.1. The van der Waals surface area contributed by atoms with E-state index in [9.17, 15) is 38.7 Å². The molecule has 0 aliphatic heterocycles. The summed E-state index contributed by atoms with van der Waals surface area (Å²) < 4.78 is 27.3. The summed E-state index contributed by atoms with van der Waals surface area (Å²) in [5.74, 6) is -3.47. The van der Waals surface area contributed by atoms with E-state index in [1.165, 1.54) is 6.07 Å². The molecule has 4 saturated carbocycles. The minimum Gasteiger partial charge on any atom is -0.868 e. The van der Waals surface area contributed by atoms with Crippen molar-refractivity contribution >= 4 is 41.4 Å². The number of ketones is 2. The van der Waals surface area contributed by atoms with Crippen LogP contribution in [0.5, 0.6) is 0 Å². The maximum atomic E-state index is 11.1. The fourth-order valence-corrected chi connectivity index (χ4v) is 3.87. The number of rotatable bonds is 12. The van der Waals surface area contributed by atoms with Gasteiger partial charge in [-0.25, -0.2) is 24.0 Å². The fraction of sp³-hybridized carbons (Fsp3) is 0.583. The molecule has 17 nitrogen and oxygen atoms in total. The van der Waals surface area contributed by atoms with Crippen LogP contribution in [0.4, 0.5) is 0 Å². The third-order valence-electron chi connectivity index (χ3n) is 7.33. The van der Waals surface area contributed by atoms with E-state index >= 15 is 0 Å². The summed E-state index contributed by atoms with van der Waals surface area (Å²) in [6.45, 7) is 9.17. The van der Waals surface area contributed by atoms with Gasteiger partial charge in [0, 0.05) is 35.8 Å². The first kappa shape index (κ1) is 47.7. The van der Waals surface area contributed by atoms with Gasteiger partial charge in [-0.15, -0.1) is 0 Å². The molecule has 0 spiro atoms. The zero-order valence-electron chi connectivity index (χ0n) is 31.6. The van der Waals surface area contributed by atoms with Crippen LogP contribution in [0.3, 0.4) is 0 Å². The standard InChI is InChI=1S/C9H11NO3.C9H12O4.C7H7NO3.C6H10O4.C5H8O.Na/c1-2-12-9(11)8-5-7(10-13-8)6-3-4-6;1-2-13-9(12)8(11)5-7(10)6-3-4-6;9-7(10)6-3-5(8-11-6)4-1-2-4;1-3-9-5(7)6(8)10-4-2;1-4(6)5-2-3-5;/h5-6H,2-4H2,1H3;5-6,11H,2-4H2,1H3;3-4H,1-2H2,(H,9,10);3-4H2,1-2H3;5H,2-3H2,1H3;/q;;;;;+1/p-1/b;8-5-;;;;. The van der Waals surface area contributed by atoms with Gasteiger partial charge in [-0.1, -0.05) is 10.3 Å². The summed E-state index contributed by atoms with van der Waals surface area (Å²) >= 11 is 0. The molecule has 0 unspecified atom stereocenters. The number of hydrogen-bond acceptors (Lipinski definition) is 16. The number of Topliss-reactive ketones (excluding diaryl/α,β-unsaturated/α-hetero) is 1. The number of carboxylic acids is 1. The van der Waals surface area contributed by atoms with Gasteiger partial charge < -0.3 is 38.2 Å². The van der Waals surface area contributed by atoms with Gasteiger partial charge in [0.15, 0.2) is 5.78 Å². The molecular weight excluding hydrogens is 723 g/mol. The number of carbonyl (C=O) groups excluding carboxylic acids is 6. The van der Waals surface area contributed by atoms with Gasteiger partial charge in [0.1, 0.15) is 5.78 Å². The molecule has 0 atom stereocenters. The van der Waals surface area contributed by atoms with Crippen molar-refractivity contribution in [2.45, 2.75) is 97.8 Å². The maximum Gasteiger partial charge on any atom is 1.00 e. The van der Waals surface area contributed by atoms with Crippen LogP contribution in [0.25, 0.3) is 0 Å². The van der Waals surface area contributed by atoms with E-state index < -0.39 is 35.6 Å². The zero-order valence-corrected chi connectivity index (χ0v) is 33.6. The smallest absolute Gasteiger partial charge is 0.868 e. The SMILES string of the molecule is CC(=O)C1CC1.CCOC(=O)/C([O-])=C/C(=O)C1CC1.CCOC(=O)C(=O)OCC.CCOC(=O)c1cc(C2CC2)no1.O=C(O)c1cc(C2CC2)no1.[Na+]. The molecular formula is C36H47N2NaO15. The first-order valence-corrected chi connectivity index (χ1v) is 17.5. The number of carboxylic acid groups (broad SMARTS) is 1. The van der Waals surface area contributed by atoms with Crippen molar-refractivity contribution in [3.05, 3.63) is 46.9 Å². The van der Waals surface area contributed by atoms with Gasteiger partial charge in [0.05, 0.1) is 37.8 Å². The van der Waals surface area contributed by atoms with Crippen molar-refractivity contribution in [3.8, 4) is 0 Å². The summed E-state index contributed by atoms with van der Waals surface area (Å²) in [5, 5.41) is 26.8. The third-order valence-corrected chi connectivity index (χ3v) is 7.33. The van der Waals surface area contributed by atoms with Crippen molar-refractivity contribution in [1.29, 1.82) is 0 Å². The summed E-state index contributed by atoms with van der Waals surface area (Å²) in [6.07, 6.45) is 9.29. The van der Waals surface area contributed by atoms with E-state index in [4.69, 9.17) is 14.4 Å². The first-order chi connectivity index (χ1) is 25.3. The molecule has 2 aromatic heterocycles. The summed E-state index contributed by atoms with van der Waals surface area (Å²) in [5.41, 5.74) is 1.66. The van der Waals surface area contributed by atoms with Crippen molar-refractivity contribution in [2.75, 3.05) is 26.4 Å². The van der Waals surface area contributed by atoms with Crippen LogP contribution in [0.2, 0.25) is 0 Å². The van der Waals surface area contributed by atoms with Crippen molar-refractivity contribution < 1.29 is 101 Å². The molecule has 0 saturated heterocycles. The second-order valence-electron chi connectivity index (χ2n) is 12.0. The number of esters is 4. The molecule has 0 aromatic carbocycles. The summed E-state index contributed by atoms with van der Waals surface area (Å²) in [7, 11) is 0. The Labute approximate surface area is 334 Å². The molecule has 2 aromatic rings. The number of hydrogen-bond donors (Lipinski definition) is 1. The van der Waals surface area contributed by atoms with Gasteiger partial charge in [-0.05, 0) is 97.8 Å². The minimum atomic E-state index is -1.05. The van der Waals surface area contributed by atoms with E-state index in [1.807, 2.05) is 0 Å². The number of ether oxygens (including phenoxy) is 4. The molecule has 4 aliphatic rings. The van der Waals surface area contributed by atoms with Crippen LogP contribution < -0.4 is 34.7 Å². The Bertz CT molecular complexity index is 1570. The van der Waals surface area contributed by atoms with Gasteiger partial charge in [-0.2, -0.15) is 0 Å². The fourth-order valence-electron chi connectivity index (χ4n) is 3.87. The normalized spacial score (nSPS) is 15.2. The van der Waals surface area contributed by atoms with E-state index in [0.717, 1.165) is 68.8 Å². The molecule has 0 radical (unpaired) electrons. The molecule has 6 rings (SSSR count). The Balaban J connectivity index is 0.000000342. The van der Waals surface area contributed by atoms with Crippen LogP contribution in [0, 0.1) is 11.8 Å². The molecule has 1 N–H and O–H groups in total. The quantitative estimate of drug-likeness (QED) is 0.0784. The van der Waals surface area contributed by atoms with Crippen molar-refractivity contribution in [3.63, 3.8) is 0 Å². The molecule has 54 heavy (non-hydrogen) atoms. The number of carbonyl (C=O) groups is 7. The zero-order chi connectivity index (χ0) is 39.5. The number of allylic oxidation sites excluding steroid dienone is 1. The van der Waals surface area contributed by atoms with Crippen molar-refractivity contribution in [1.82, 2.24) is 10.3 Å². The van der Waals surface area contributed by atoms with Crippen molar-refractivity contribution in [2.24, 2.45) is 11.8 Å². The van der Waals surface area contributed by atoms with E-state index in [-0.39, 0.29) is 72.6 Å². The minimum absolute atomic E-state index is 0. The Kier molecular flexibility index (Phi) is 22.0. The maximum absolute atomic E-state index is 11.1. The largest absolute Gasteiger partial charge is 1.00 e. The van der Waals surface area contributed by atoms with E-state index in [1.54, 1.807) is 40.7 Å². The van der Waals surface area contributed by atoms with E-state index in [0.29, 0.717) is 30.1 Å². The summed E-state index contributed by atoms with van der Waals surface area (Å²) in [6, 6.07) is 3.18. The van der Waals surface area contributed by atoms with Crippen LogP contribution in [-0.4, -0.2) is 83.3 Å². The predicted octanol–water partition coefficient (Wildman–Crippen LogP) is 0.854. The van der Waals surface area contributed by atoms with Gasteiger partial charge >= 0.3 is 59.4 Å².